The monoisotopic (exact) mass is 438 g/mol. The summed E-state index contributed by atoms with van der Waals surface area (Å²) >= 11 is 0. The second-order valence-electron chi connectivity index (χ2n) is 7.98. The molecule has 5 N–H and O–H groups in total. The lowest BCUT2D eigenvalue weighted by Gasteiger charge is -2.23. The van der Waals surface area contributed by atoms with Crippen LogP contribution in [0.2, 0.25) is 0 Å². The third-order valence-electron chi connectivity index (χ3n) is 5.80. The second-order valence-corrected chi connectivity index (χ2v) is 7.98. The summed E-state index contributed by atoms with van der Waals surface area (Å²) in [5.74, 6) is -1.04. The van der Waals surface area contributed by atoms with Crippen molar-refractivity contribution in [2.75, 3.05) is 6.54 Å². The van der Waals surface area contributed by atoms with Gasteiger partial charge in [0.1, 0.15) is 11.7 Å². The molecule has 4 rings (SSSR count). The number of carbonyl (C=O) groups excluding carboxylic acids is 2. The summed E-state index contributed by atoms with van der Waals surface area (Å²) in [6, 6.07) is 10.0. The lowest BCUT2D eigenvalue weighted by atomic mass is 10.0. The van der Waals surface area contributed by atoms with Crippen LogP contribution in [0.15, 0.2) is 45.7 Å². The first kappa shape index (κ1) is 21.7. The van der Waals surface area contributed by atoms with Gasteiger partial charge < -0.3 is 16.4 Å². The number of benzene rings is 1. The van der Waals surface area contributed by atoms with Crippen LogP contribution in [0.5, 0.6) is 0 Å². The molecule has 2 heterocycles. The van der Waals surface area contributed by atoms with Crippen LogP contribution in [0.4, 0.5) is 0 Å². The average Bonchev–Trinajstić information content (AvgIpc) is 3.44. The van der Waals surface area contributed by atoms with Crippen LogP contribution >= 0.6 is 0 Å². The Morgan fingerprint density at radius 2 is 2.06 bits per heavy atom. The van der Waals surface area contributed by atoms with Gasteiger partial charge >= 0.3 is 5.76 Å². The number of nitrogens with zero attached hydrogens (tertiary/aromatic N) is 2. The van der Waals surface area contributed by atoms with Gasteiger partial charge in [0.15, 0.2) is 5.82 Å². The van der Waals surface area contributed by atoms with Crippen LogP contribution in [-0.2, 0) is 4.79 Å². The van der Waals surface area contributed by atoms with Gasteiger partial charge in [-0.05, 0) is 44.4 Å². The lowest BCUT2D eigenvalue weighted by molar-refractivity contribution is -0.123. The van der Waals surface area contributed by atoms with Crippen molar-refractivity contribution in [2.24, 2.45) is 5.73 Å². The minimum atomic E-state index is -0.753. The first-order valence-corrected chi connectivity index (χ1v) is 10.8. The van der Waals surface area contributed by atoms with Crippen LogP contribution in [-0.4, -0.2) is 45.6 Å². The van der Waals surface area contributed by atoms with Gasteiger partial charge in [-0.15, -0.1) is 0 Å². The minimum Gasteiger partial charge on any atom is -0.351 e. The van der Waals surface area contributed by atoms with Crippen molar-refractivity contribution in [3.8, 4) is 0 Å². The molecule has 1 aliphatic carbocycles. The predicted molar refractivity (Wildman–Crippen MR) is 117 cm³/mol. The summed E-state index contributed by atoms with van der Waals surface area (Å²) in [4.78, 5) is 44.2. The number of amides is 2. The molecular formula is C22H26N6O4. The molecule has 0 saturated heterocycles. The van der Waals surface area contributed by atoms with Crippen molar-refractivity contribution in [3.63, 3.8) is 0 Å². The highest BCUT2D eigenvalue weighted by atomic mass is 16.5. The summed E-state index contributed by atoms with van der Waals surface area (Å²) in [6.45, 7) is 0.403. The van der Waals surface area contributed by atoms with Crippen LogP contribution in [0, 0.1) is 0 Å². The molecule has 1 aromatic carbocycles. The molecule has 168 valence electrons. The number of aromatic nitrogens is 3. The Morgan fingerprint density at radius 3 is 2.84 bits per heavy atom. The van der Waals surface area contributed by atoms with E-state index in [0.29, 0.717) is 30.7 Å². The van der Waals surface area contributed by atoms with E-state index < -0.39 is 17.7 Å². The molecule has 0 unspecified atom stereocenters. The molecule has 2 aromatic heterocycles. The molecule has 3 atom stereocenters. The standard InChI is InChI=1S/C22H26N6O4/c23-12-4-9-17(26-21(30)18-11-10-13-5-1-2-7-15(13)24-18)20(29)25-16-8-3-6-14(16)19-27-22(31)32-28-19/h1-2,5,7,10-11,14,16-17H,3-4,6,8-9,12,23H2,(H,25,29)(H,26,30)(H,27,28,31)/t14-,16+,17+/m1/s1. The summed E-state index contributed by atoms with van der Waals surface area (Å²) in [5.41, 5.74) is 6.59. The van der Waals surface area contributed by atoms with Gasteiger partial charge in [-0.2, -0.15) is 0 Å². The quantitative estimate of drug-likeness (QED) is 0.412. The molecule has 10 nitrogen and oxygen atoms in total. The Bertz CT molecular complexity index is 1160. The highest BCUT2D eigenvalue weighted by molar-refractivity contribution is 5.97. The van der Waals surface area contributed by atoms with E-state index in [1.807, 2.05) is 30.3 Å². The number of pyridine rings is 1. The smallest absolute Gasteiger partial charge is 0.351 e. The number of H-pyrrole nitrogens is 1. The Kier molecular flexibility index (Phi) is 6.60. The Balaban J connectivity index is 1.46. The van der Waals surface area contributed by atoms with Gasteiger partial charge in [0, 0.05) is 17.3 Å². The second kappa shape index (κ2) is 9.73. The van der Waals surface area contributed by atoms with E-state index in [1.165, 1.54) is 0 Å². The Morgan fingerprint density at radius 1 is 1.22 bits per heavy atom. The molecule has 3 aromatic rings. The largest absolute Gasteiger partial charge is 0.438 e. The molecule has 10 heteroatoms. The van der Waals surface area contributed by atoms with Gasteiger partial charge in [-0.1, -0.05) is 35.8 Å². The van der Waals surface area contributed by atoms with E-state index in [2.05, 4.69) is 30.3 Å². The average molecular weight is 438 g/mol. The molecule has 0 radical (unpaired) electrons. The van der Waals surface area contributed by atoms with Gasteiger partial charge in [0.2, 0.25) is 5.91 Å². The zero-order valence-corrected chi connectivity index (χ0v) is 17.5. The maximum Gasteiger partial charge on any atom is 0.438 e. The van der Waals surface area contributed by atoms with Crippen LogP contribution in [0.3, 0.4) is 0 Å². The number of hydrogen-bond acceptors (Lipinski definition) is 7. The first-order valence-electron chi connectivity index (χ1n) is 10.8. The summed E-state index contributed by atoms with van der Waals surface area (Å²) in [6.07, 6.45) is 3.38. The molecule has 0 bridgehead atoms. The van der Waals surface area contributed by atoms with Crippen molar-refractivity contribution >= 4 is 22.7 Å². The summed E-state index contributed by atoms with van der Waals surface area (Å²) in [5, 5.41) is 10.5. The van der Waals surface area contributed by atoms with Crippen LogP contribution in [0.1, 0.15) is 54.3 Å². The van der Waals surface area contributed by atoms with Gasteiger partial charge in [0.25, 0.3) is 5.91 Å². The number of para-hydroxylation sites is 1. The van der Waals surface area contributed by atoms with E-state index >= 15 is 0 Å². The fourth-order valence-corrected chi connectivity index (χ4v) is 4.16. The Hall–Kier alpha value is -3.53. The van der Waals surface area contributed by atoms with Crippen LogP contribution in [0.25, 0.3) is 10.9 Å². The molecule has 1 aliphatic rings. The first-order chi connectivity index (χ1) is 15.5. The molecule has 1 fully saturated rings. The molecule has 32 heavy (non-hydrogen) atoms. The normalized spacial score (nSPS) is 19.0. The zero-order chi connectivity index (χ0) is 22.5. The summed E-state index contributed by atoms with van der Waals surface area (Å²) in [7, 11) is 0. The van der Waals surface area contributed by atoms with Gasteiger partial charge in [-0.25, -0.2) is 9.78 Å². The fraction of sp³-hybridized carbons (Fsp3) is 0.409. The highest BCUT2D eigenvalue weighted by Gasteiger charge is 2.34. The van der Waals surface area contributed by atoms with Gasteiger partial charge in [-0.3, -0.25) is 19.1 Å². The molecule has 1 saturated carbocycles. The maximum absolute atomic E-state index is 13.1. The fourth-order valence-electron chi connectivity index (χ4n) is 4.16. The summed E-state index contributed by atoms with van der Waals surface area (Å²) < 4.78 is 4.61. The maximum atomic E-state index is 13.1. The minimum absolute atomic E-state index is 0.140. The number of nitrogens with two attached hydrogens (primary N) is 1. The topological polar surface area (TPSA) is 156 Å². The molecule has 0 aliphatic heterocycles. The van der Waals surface area contributed by atoms with Crippen molar-refractivity contribution in [2.45, 2.75) is 50.1 Å². The third-order valence-corrected chi connectivity index (χ3v) is 5.80. The predicted octanol–water partition coefficient (Wildman–Crippen LogP) is 1.20. The number of rotatable bonds is 8. The lowest BCUT2D eigenvalue weighted by Crippen LogP contribution is -2.50. The zero-order valence-electron chi connectivity index (χ0n) is 17.5. The molecular weight excluding hydrogens is 412 g/mol. The highest BCUT2D eigenvalue weighted by Crippen LogP contribution is 2.32. The third kappa shape index (κ3) is 4.86. The van der Waals surface area contributed by atoms with Crippen molar-refractivity contribution in [3.05, 3.63) is 58.5 Å². The number of nitrogens with one attached hydrogen (secondary N) is 3. The SMILES string of the molecule is NCCC[C@H](NC(=O)c1ccc2ccccc2n1)C(=O)N[C@H]1CCC[C@H]1c1noc(=O)[nH]1. The van der Waals surface area contributed by atoms with Crippen LogP contribution < -0.4 is 22.1 Å². The van der Waals surface area contributed by atoms with E-state index in [9.17, 15) is 14.4 Å². The van der Waals surface area contributed by atoms with Crippen molar-refractivity contribution < 1.29 is 14.1 Å². The molecule has 0 spiro atoms. The van der Waals surface area contributed by atoms with E-state index in [0.717, 1.165) is 24.6 Å². The number of hydrogen-bond donors (Lipinski definition) is 4. The molecule has 2 amide bonds. The number of carbonyl (C=O) groups is 2. The van der Waals surface area contributed by atoms with Crippen molar-refractivity contribution in [1.82, 2.24) is 25.8 Å². The van der Waals surface area contributed by atoms with E-state index in [1.54, 1.807) is 6.07 Å². The van der Waals surface area contributed by atoms with E-state index in [-0.39, 0.29) is 23.6 Å². The number of fused-ring (bicyclic) bond motifs is 1. The number of aromatic amines is 1. The van der Waals surface area contributed by atoms with Gasteiger partial charge in [0.05, 0.1) is 5.52 Å². The van der Waals surface area contributed by atoms with Crippen molar-refractivity contribution in [1.29, 1.82) is 0 Å². The Labute approximate surface area is 184 Å². The van der Waals surface area contributed by atoms with E-state index in [4.69, 9.17) is 5.73 Å².